The van der Waals surface area contributed by atoms with E-state index in [2.05, 4.69) is 5.32 Å². The molecule has 0 bridgehead atoms. The van der Waals surface area contributed by atoms with Gasteiger partial charge in [-0.1, -0.05) is 12.1 Å². The molecule has 0 unspecified atom stereocenters. The van der Waals surface area contributed by atoms with E-state index >= 15 is 0 Å². The van der Waals surface area contributed by atoms with E-state index in [4.69, 9.17) is 0 Å². The summed E-state index contributed by atoms with van der Waals surface area (Å²) in [5.41, 5.74) is 1.14. The van der Waals surface area contributed by atoms with E-state index in [1.54, 1.807) is 0 Å². The van der Waals surface area contributed by atoms with Crippen molar-refractivity contribution in [3.63, 3.8) is 0 Å². The summed E-state index contributed by atoms with van der Waals surface area (Å²) in [6, 6.07) is 9.08. The Labute approximate surface area is 133 Å². The van der Waals surface area contributed by atoms with E-state index in [1.165, 1.54) is 23.9 Å². The minimum Gasteiger partial charge on any atom is -0.378 e. The number of hydrogen-bond donors (Lipinski definition) is 1. The van der Waals surface area contributed by atoms with Gasteiger partial charge in [0, 0.05) is 45.6 Å². The Hall–Kier alpha value is -2.83. The molecule has 0 aliphatic carbocycles. The number of hydrogen-bond acceptors (Lipinski definition) is 4. The molecule has 0 aliphatic heterocycles. The molecule has 7 nitrogen and oxygen atoms in total. The number of carbonyl (C=O) groups excluding carboxylic acids is 1. The van der Waals surface area contributed by atoms with Crippen LogP contribution in [0.5, 0.6) is 0 Å². The second-order valence-corrected chi connectivity index (χ2v) is 5.46. The van der Waals surface area contributed by atoms with Crippen molar-refractivity contribution in [2.75, 3.05) is 19.0 Å². The zero-order valence-corrected chi connectivity index (χ0v) is 13.4. The van der Waals surface area contributed by atoms with Crippen molar-refractivity contribution in [3.05, 3.63) is 62.9 Å². The molecule has 0 radical (unpaired) electrons. The van der Waals surface area contributed by atoms with Crippen LogP contribution in [0.2, 0.25) is 0 Å². The molecule has 0 saturated carbocycles. The minimum atomic E-state index is -0.511. The van der Waals surface area contributed by atoms with E-state index < -0.39 is 11.2 Å². The topological polar surface area (TPSA) is 76.3 Å². The monoisotopic (exact) mass is 316 g/mol. The van der Waals surface area contributed by atoms with Crippen LogP contribution in [0.25, 0.3) is 0 Å². The molecule has 0 saturated heterocycles. The van der Waals surface area contributed by atoms with Gasteiger partial charge in [0.05, 0.1) is 0 Å². The first-order chi connectivity index (χ1) is 10.9. The Kier molecular flexibility index (Phi) is 5.00. The van der Waals surface area contributed by atoms with Crippen molar-refractivity contribution in [3.8, 4) is 0 Å². The zero-order valence-electron chi connectivity index (χ0n) is 13.4. The quantitative estimate of drug-likeness (QED) is 0.838. The molecule has 122 valence electrons. The van der Waals surface area contributed by atoms with Gasteiger partial charge in [-0.15, -0.1) is 0 Å². The summed E-state index contributed by atoms with van der Waals surface area (Å²) in [5, 5.41) is 2.76. The Morgan fingerprint density at radius 2 is 1.78 bits per heavy atom. The van der Waals surface area contributed by atoms with Crippen molar-refractivity contribution in [1.82, 2.24) is 14.5 Å². The standard InChI is InChI=1S/C16H20N4O3/c1-18(2)13-6-4-12(5-7-13)10-17-14(21)11-20-9-8-15(22)19(3)16(20)23/h4-9H,10-11H2,1-3H3,(H,17,21). The van der Waals surface area contributed by atoms with Crippen LogP contribution in [-0.2, 0) is 24.9 Å². The van der Waals surface area contributed by atoms with Crippen molar-refractivity contribution < 1.29 is 4.79 Å². The van der Waals surface area contributed by atoms with Crippen LogP contribution in [0, 0.1) is 0 Å². The van der Waals surface area contributed by atoms with Crippen LogP contribution < -0.4 is 21.5 Å². The van der Waals surface area contributed by atoms with Crippen LogP contribution in [0.3, 0.4) is 0 Å². The molecule has 1 aromatic carbocycles. The normalized spacial score (nSPS) is 10.4. The minimum absolute atomic E-state index is 0.122. The Morgan fingerprint density at radius 1 is 1.13 bits per heavy atom. The number of aromatic nitrogens is 2. The lowest BCUT2D eigenvalue weighted by Crippen LogP contribution is -2.40. The lowest BCUT2D eigenvalue weighted by atomic mass is 10.2. The molecular weight excluding hydrogens is 296 g/mol. The van der Waals surface area contributed by atoms with Gasteiger partial charge in [-0.2, -0.15) is 0 Å². The van der Waals surface area contributed by atoms with Crippen LogP contribution >= 0.6 is 0 Å². The molecule has 1 amide bonds. The van der Waals surface area contributed by atoms with Gasteiger partial charge in [-0.25, -0.2) is 4.79 Å². The fourth-order valence-corrected chi connectivity index (χ4v) is 2.06. The molecule has 0 aliphatic rings. The fraction of sp³-hybridized carbons (Fsp3) is 0.312. The molecule has 1 aromatic heterocycles. The number of carbonyl (C=O) groups is 1. The molecule has 0 spiro atoms. The van der Waals surface area contributed by atoms with Gasteiger partial charge in [0.2, 0.25) is 5.91 Å². The SMILES string of the molecule is CN(C)c1ccc(CNC(=O)Cn2ccc(=O)n(C)c2=O)cc1. The highest BCUT2D eigenvalue weighted by Gasteiger charge is 2.07. The van der Waals surface area contributed by atoms with Gasteiger partial charge in [-0.3, -0.25) is 18.7 Å². The summed E-state index contributed by atoms with van der Waals surface area (Å²) in [6.45, 7) is 0.260. The predicted molar refractivity (Wildman–Crippen MR) is 88.6 cm³/mol. The molecule has 2 rings (SSSR count). The van der Waals surface area contributed by atoms with Crippen molar-refractivity contribution in [2.24, 2.45) is 7.05 Å². The average molecular weight is 316 g/mol. The van der Waals surface area contributed by atoms with Gasteiger partial charge in [0.1, 0.15) is 6.54 Å². The van der Waals surface area contributed by atoms with Crippen molar-refractivity contribution in [2.45, 2.75) is 13.1 Å². The summed E-state index contributed by atoms with van der Waals surface area (Å²) in [4.78, 5) is 37.1. The average Bonchev–Trinajstić information content (AvgIpc) is 2.54. The number of anilines is 1. The highest BCUT2D eigenvalue weighted by molar-refractivity contribution is 5.75. The maximum Gasteiger partial charge on any atom is 0.331 e. The summed E-state index contributed by atoms with van der Waals surface area (Å²) < 4.78 is 2.17. The molecule has 0 atom stereocenters. The summed E-state index contributed by atoms with van der Waals surface area (Å²) in [7, 11) is 5.30. The van der Waals surface area contributed by atoms with Gasteiger partial charge in [0.25, 0.3) is 5.56 Å². The molecule has 7 heteroatoms. The van der Waals surface area contributed by atoms with E-state index in [0.29, 0.717) is 6.54 Å². The van der Waals surface area contributed by atoms with Gasteiger partial charge < -0.3 is 10.2 Å². The molecule has 1 heterocycles. The third-order valence-electron chi connectivity index (χ3n) is 3.52. The maximum absolute atomic E-state index is 11.9. The third-order valence-corrected chi connectivity index (χ3v) is 3.52. The number of rotatable bonds is 5. The van der Waals surface area contributed by atoms with E-state index in [9.17, 15) is 14.4 Å². The summed E-state index contributed by atoms with van der Waals surface area (Å²) in [5.74, 6) is -0.289. The highest BCUT2D eigenvalue weighted by Crippen LogP contribution is 2.11. The van der Waals surface area contributed by atoms with Crippen LogP contribution in [0.1, 0.15) is 5.56 Å². The first-order valence-corrected chi connectivity index (χ1v) is 7.18. The Morgan fingerprint density at radius 3 is 2.39 bits per heavy atom. The lowest BCUT2D eigenvalue weighted by molar-refractivity contribution is -0.121. The first-order valence-electron chi connectivity index (χ1n) is 7.18. The molecule has 1 N–H and O–H groups in total. The number of benzene rings is 1. The van der Waals surface area contributed by atoms with Gasteiger partial charge >= 0.3 is 5.69 Å². The van der Waals surface area contributed by atoms with Crippen LogP contribution in [-0.4, -0.2) is 29.1 Å². The van der Waals surface area contributed by atoms with Crippen molar-refractivity contribution in [1.29, 1.82) is 0 Å². The second-order valence-electron chi connectivity index (χ2n) is 5.46. The lowest BCUT2D eigenvalue weighted by Gasteiger charge is -2.13. The van der Waals surface area contributed by atoms with Gasteiger partial charge in [-0.05, 0) is 17.7 Å². The van der Waals surface area contributed by atoms with Crippen LogP contribution in [0.4, 0.5) is 5.69 Å². The van der Waals surface area contributed by atoms with Crippen LogP contribution in [0.15, 0.2) is 46.1 Å². The van der Waals surface area contributed by atoms with E-state index in [-0.39, 0.29) is 12.5 Å². The Bertz CT molecular complexity index is 803. The van der Waals surface area contributed by atoms with Gasteiger partial charge in [0.15, 0.2) is 0 Å². The Balaban J connectivity index is 1.97. The molecule has 0 fully saturated rings. The summed E-state index contributed by atoms with van der Waals surface area (Å²) in [6.07, 6.45) is 1.33. The summed E-state index contributed by atoms with van der Waals surface area (Å²) >= 11 is 0. The molecule has 2 aromatic rings. The smallest absolute Gasteiger partial charge is 0.331 e. The highest BCUT2D eigenvalue weighted by atomic mass is 16.2. The predicted octanol–water partition coefficient (Wildman–Crippen LogP) is -0.0706. The number of nitrogens with zero attached hydrogens (tertiary/aromatic N) is 3. The van der Waals surface area contributed by atoms with E-state index in [0.717, 1.165) is 15.8 Å². The second kappa shape index (κ2) is 6.95. The third kappa shape index (κ3) is 4.09. The largest absolute Gasteiger partial charge is 0.378 e. The molecule has 23 heavy (non-hydrogen) atoms. The number of nitrogens with one attached hydrogen (secondary N) is 1. The maximum atomic E-state index is 11.9. The fourth-order valence-electron chi connectivity index (χ4n) is 2.06. The zero-order chi connectivity index (χ0) is 17.0. The molecular formula is C16H20N4O3. The van der Waals surface area contributed by atoms with Crippen molar-refractivity contribution >= 4 is 11.6 Å². The van der Waals surface area contributed by atoms with E-state index in [1.807, 2.05) is 43.3 Å². The number of amides is 1. The first kappa shape index (κ1) is 16.5.